The highest BCUT2D eigenvalue weighted by Gasteiger charge is 2.28. The molecule has 0 saturated carbocycles. The summed E-state index contributed by atoms with van der Waals surface area (Å²) in [4.78, 5) is 13.0. The Morgan fingerprint density at radius 1 is 1.61 bits per heavy atom. The molecule has 1 rings (SSSR count). The summed E-state index contributed by atoms with van der Waals surface area (Å²) in [6.45, 7) is 6.55. The van der Waals surface area contributed by atoms with Crippen LogP contribution in [-0.2, 0) is 11.2 Å². The lowest BCUT2D eigenvalue weighted by Crippen LogP contribution is -2.55. The van der Waals surface area contributed by atoms with Gasteiger partial charge in [-0.2, -0.15) is 0 Å². The Balaban J connectivity index is 2.46. The van der Waals surface area contributed by atoms with E-state index in [-0.39, 0.29) is 11.4 Å². The van der Waals surface area contributed by atoms with Crippen LogP contribution in [0, 0.1) is 5.92 Å². The highest BCUT2D eigenvalue weighted by Crippen LogP contribution is 2.21. The van der Waals surface area contributed by atoms with Gasteiger partial charge in [-0.15, -0.1) is 11.3 Å². The fraction of sp³-hybridized carbons (Fsp3) is 0.615. The second-order valence-electron chi connectivity index (χ2n) is 5.06. The van der Waals surface area contributed by atoms with Gasteiger partial charge < -0.3 is 11.1 Å². The molecular weight excluding hydrogens is 268 g/mol. The van der Waals surface area contributed by atoms with Gasteiger partial charge in [0, 0.05) is 23.2 Å². The molecule has 0 radical (unpaired) electrons. The second kappa shape index (κ2) is 6.55. The van der Waals surface area contributed by atoms with E-state index < -0.39 is 0 Å². The summed E-state index contributed by atoms with van der Waals surface area (Å²) in [6, 6.07) is 1.91. The van der Waals surface area contributed by atoms with Crippen molar-refractivity contribution in [2.75, 3.05) is 6.54 Å². The summed E-state index contributed by atoms with van der Waals surface area (Å²) in [7, 11) is 0. The molecule has 102 valence electrons. The van der Waals surface area contributed by atoms with Gasteiger partial charge in [0.05, 0.1) is 10.6 Å². The highest BCUT2D eigenvalue weighted by atomic mass is 35.5. The first-order valence-corrected chi connectivity index (χ1v) is 7.37. The fourth-order valence-electron chi connectivity index (χ4n) is 1.53. The molecule has 0 saturated heterocycles. The van der Waals surface area contributed by atoms with Gasteiger partial charge in [-0.1, -0.05) is 25.4 Å². The Hall–Kier alpha value is -0.580. The molecule has 0 bridgehead atoms. The average molecular weight is 289 g/mol. The van der Waals surface area contributed by atoms with Gasteiger partial charge in [-0.3, -0.25) is 4.79 Å². The number of halogens is 1. The van der Waals surface area contributed by atoms with E-state index in [0.717, 1.165) is 16.3 Å². The first-order chi connectivity index (χ1) is 8.37. The first-order valence-electron chi connectivity index (χ1n) is 6.11. The van der Waals surface area contributed by atoms with E-state index in [1.54, 1.807) is 11.3 Å². The van der Waals surface area contributed by atoms with Crippen molar-refractivity contribution in [3.63, 3.8) is 0 Å². The van der Waals surface area contributed by atoms with Crippen LogP contribution in [0.25, 0.3) is 0 Å². The van der Waals surface area contributed by atoms with Crippen molar-refractivity contribution in [1.29, 1.82) is 0 Å². The van der Waals surface area contributed by atoms with Crippen LogP contribution in [0.2, 0.25) is 5.02 Å². The molecule has 0 fully saturated rings. The molecular formula is C13H21ClN2OS. The summed E-state index contributed by atoms with van der Waals surface area (Å²) in [5, 5.41) is 5.65. The number of nitrogens with one attached hydrogen (secondary N) is 1. The molecule has 0 aliphatic carbocycles. The lowest BCUT2D eigenvalue weighted by atomic mass is 9.88. The average Bonchev–Trinajstić information content (AvgIpc) is 2.72. The van der Waals surface area contributed by atoms with Crippen LogP contribution in [0.15, 0.2) is 11.4 Å². The number of thiophene rings is 1. The molecule has 1 aromatic rings. The molecule has 3 N–H and O–H groups in total. The van der Waals surface area contributed by atoms with Crippen molar-refractivity contribution in [3.8, 4) is 0 Å². The third kappa shape index (κ3) is 4.26. The predicted molar refractivity (Wildman–Crippen MR) is 78.1 cm³/mol. The number of amides is 1. The topological polar surface area (TPSA) is 55.1 Å². The predicted octanol–water partition coefficient (Wildman–Crippen LogP) is 2.82. The van der Waals surface area contributed by atoms with Crippen molar-refractivity contribution in [2.45, 2.75) is 39.2 Å². The van der Waals surface area contributed by atoms with E-state index in [2.05, 4.69) is 19.2 Å². The van der Waals surface area contributed by atoms with E-state index in [9.17, 15) is 4.79 Å². The molecule has 1 heterocycles. The minimum absolute atomic E-state index is 0.0428. The largest absolute Gasteiger partial charge is 0.349 e. The monoisotopic (exact) mass is 288 g/mol. The van der Waals surface area contributed by atoms with Crippen molar-refractivity contribution in [2.24, 2.45) is 11.7 Å². The number of carbonyl (C=O) groups excluding carboxylic acids is 1. The molecule has 1 aromatic heterocycles. The van der Waals surface area contributed by atoms with Crippen LogP contribution in [0.1, 0.15) is 32.1 Å². The van der Waals surface area contributed by atoms with Crippen LogP contribution in [-0.4, -0.2) is 18.0 Å². The van der Waals surface area contributed by atoms with Gasteiger partial charge in [0.2, 0.25) is 5.91 Å². The van der Waals surface area contributed by atoms with E-state index >= 15 is 0 Å². The first kappa shape index (κ1) is 15.5. The van der Waals surface area contributed by atoms with E-state index in [0.29, 0.717) is 18.9 Å². The number of aryl methyl sites for hydroxylation is 1. The molecule has 0 aliphatic heterocycles. The van der Waals surface area contributed by atoms with E-state index in [4.69, 9.17) is 17.3 Å². The second-order valence-corrected chi connectivity index (χ2v) is 6.49. The molecule has 1 atom stereocenters. The smallest absolute Gasteiger partial charge is 0.220 e. The van der Waals surface area contributed by atoms with Gasteiger partial charge in [0.1, 0.15) is 0 Å². The highest BCUT2D eigenvalue weighted by molar-refractivity contribution is 7.10. The van der Waals surface area contributed by atoms with Crippen LogP contribution in [0.5, 0.6) is 0 Å². The van der Waals surface area contributed by atoms with Crippen LogP contribution in [0.3, 0.4) is 0 Å². The van der Waals surface area contributed by atoms with Crippen LogP contribution < -0.4 is 11.1 Å². The summed E-state index contributed by atoms with van der Waals surface area (Å²) >= 11 is 7.42. The van der Waals surface area contributed by atoms with Crippen LogP contribution in [0.4, 0.5) is 0 Å². The summed E-state index contributed by atoms with van der Waals surface area (Å²) in [5.74, 6) is 0.351. The Morgan fingerprint density at radius 3 is 2.72 bits per heavy atom. The molecule has 0 aromatic carbocycles. The lowest BCUT2D eigenvalue weighted by molar-refractivity contribution is -0.123. The molecule has 18 heavy (non-hydrogen) atoms. The molecule has 1 amide bonds. The normalized spacial score (nSPS) is 14.6. The molecule has 0 spiro atoms. The van der Waals surface area contributed by atoms with Crippen molar-refractivity contribution in [1.82, 2.24) is 5.32 Å². The Bertz CT molecular complexity index is 405. The van der Waals surface area contributed by atoms with Gasteiger partial charge in [-0.05, 0) is 25.3 Å². The third-order valence-corrected chi connectivity index (χ3v) is 4.69. The summed E-state index contributed by atoms with van der Waals surface area (Å²) < 4.78 is 0. The minimum atomic E-state index is -0.329. The molecule has 3 nitrogen and oxygen atoms in total. The van der Waals surface area contributed by atoms with Crippen molar-refractivity contribution in [3.05, 3.63) is 21.3 Å². The van der Waals surface area contributed by atoms with Gasteiger partial charge in [0.25, 0.3) is 0 Å². The standard InChI is InChI=1S/C13H21ClN2OS/c1-9(2)13(3,8-15)16-12(17)5-4-11-6-10(14)7-18-11/h6-7,9H,4-5,8,15H2,1-3H3,(H,16,17). The molecule has 1 unspecified atom stereocenters. The van der Waals surface area contributed by atoms with E-state index in [1.807, 2.05) is 18.4 Å². The number of rotatable bonds is 6. The van der Waals surface area contributed by atoms with Crippen LogP contribution >= 0.6 is 22.9 Å². The van der Waals surface area contributed by atoms with Crippen molar-refractivity contribution >= 4 is 28.8 Å². The summed E-state index contributed by atoms with van der Waals surface area (Å²) in [5.41, 5.74) is 5.41. The van der Waals surface area contributed by atoms with E-state index in [1.165, 1.54) is 0 Å². The zero-order chi connectivity index (χ0) is 13.8. The Morgan fingerprint density at radius 2 is 2.28 bits per heavy atom. The maximum absolute atomic E-state index is 11.9. The molecule has 5 heteroatoms. The third-order valence-electron chi connectivity index (χ3n) is 3.34. The quantitative estimate of drug-likeness (QED) is 0.846. The maximum Gasteiger partial charge on any atom is 0.220 e. The van der Waals surface area contributed by atoms with Crippen molar-refractivity contribution < 1.29 is 4.79 Å². The number of hydrogen-bond acceptors (Lipinski definition) is 3. The maximum atomic E-state index is 11.9. The number of carbonyl (C=O) groups is 1. The van der Waals surface area contributed by atoms with Gasteiger partial charge in [-0.25, -0.2) is 0 Å². The Labute approximate surface area is 118 Å². The Kier molecular flexibility index (Phi) is 5.63. The zero-order valence-corrected chi connectivity index (χ0v) is 12.7. The number of hydrogen-bond donors (Lipinski definition) is 2. The fourth-order valence-corrected chi connectivity index (χ4v) is 2.61. The lowest BCUT2D eigenvalue weighted by Gasteiger charge is -2.33. The number of nitrogens with two attached hydrogens (primary N) is 1. The molecule has 0 aliphatic rings. The van der Waals surface area contributed by atoms with Gasteiger partial charge >= 0.3 is 0 Å². The zero-order valence-electron chi connectivity index (χ0n) is 11.1. The SMILES string of the molecule is CC(C)C(C)(CN)NC(=O)CCc1cc(Cl)cs1. The van der Waals surface area contributed by atoms with Gasteiger partial charge in [0.15, 0.2) is 0 Å². The summed E-state index contributed by atoms with van der Waals surface area (Å²) in [6.07, 6.45) is 1.20. The minimum Gasteiger partial charge on any atom is -0.349 e.